The van der Waals surface area contributed by atoms with Crippen LogP contribution >= 0.6 is 0 Å². The molecule has 1 unspecified atom stereocenters. The second kappa shape index (κ2) is 6.01. The average molecular weight is 292 g/mol. The third-order valence-electron chi connectivity index (χ3n) is 4.08. The summed E-state index contributed by atoms with van der Waals surface area (Å²) in [5, 5.41) is 0. The number of fused-ring (bicyclic) bond motifs is 1. The van der Waals surface area contributed by atoms with Crippen LogP contribution in [0.25, 0.3) is 0 Å². The number of piperidine rings is 1. The van der Waals surface area contributed by atoms with Gasteiger partial charge in [0.25, 0.3) is 0 Å². The third kappa shape index (κ3) is 3.34. The van der Waals surface area contributed by atoms with Gasteiger partial charge in [-0.3, -0.25) is 4.90 Å². The van der Waals surface area contributed by atoms with Crippen LogP contribution in [0.3, 0.4) is 0 Å². The molecule has 2 N–H and O–H groups in total. The molecule has 0 bridgehead atoms. The fourth-order valence-corrected chi connectivity index (χ4v) is 3.10. The van der Waals surface area contributed by atoms with Crippen LogP contribution in [0.4, 0.5) is 11.9 Å². The molecule has 0 saturated carbocycles. The Balaban J connectivity index is 1.75. The minimum absolute atomic E-state index is 0.0230. The van der Waals surface area contributed by atoms with Gasteiger partial charge in [-0.05, 0) is 33.2 Å². The molecule has 2 fully saturated rings. The summed E-state index contributed by atoms with van der Waals surface area (Å²) in [6.45, 7) is 8.07. The second-order valence-corrected chi connectivity index (χ2v) is 6.07. The average Bonchev–Trinajstić information content (AvgIpc) is 2.45. The van der Waals surface area contributed by atoms with Crippen molar-refractivity contribution in [2.75, 3.05) is 36.8 Å². The summed E-state index contributed by atoms with van der Waals surface area (Å²) in [5.74, 6) is 0.866. The molecule has 2 aliphatic heterocycles. The van der Waals surface area contributed by atoms with Crippen LogP contribution < -0.4 is 15.4 Å². The molecule has 0 radical (unpaired) electrons. The highest BCUT2D eigenvalue weighted by molar-refractivity contribution is 5.37. The minimum Gasteiger partial charge on any atom is -0.461 e. The Morgan fingerprint density at radius 1 is 1.14 bits per heavy atom. The fraction of sp³-hybridized carbons (Fsp3) is 0.786. The van der Waals surface area contributed by atoms with Crippen molar-refractivity contribution < 1.29 is 4.74 Å². The molecule has 3 heterocycles. The second-order valence-electron chi connectivity index (χ2n) is 6.07. The summed E-state index contributed by atoms with van der Waals surface area (Å²) < 4.78 is 5.55. The van der Waals surface area contributed by atoms with Crippen molar-refractivity contribution in [3.8, 4) is 6.01 Å². The Labute approximate surface area is 125 Å². The van der Waals surface area contributed by atoms with Crippen LogP contribution in [-0.4, -0.2) is 58.2 Å². The lowest BCUT2D eigenvalue weighted by Gasteiger charge is -2.43. The van der Waals surface area contributed by atoms with Crippen LogP contribution in [0.2, 0.25) is 0 Å². The Kier molecular flexibility index (Phi) is 4.10. The molecule has 116 valence electrons. The number of hydrogen-bond acceptors (Lipinski definition) is 7. The number of rotatable bonds is 3. The lowest BCUT2D eigenvalue weighted by atomic mass is 10.00. The molecular formula is C14H24N6O. The van der Waals surface area contributed by atoms with E-state index in [9.17, 15) is 0 Å². The maximum atomic E-state index is 5.79. The van der Waals surface area contributed by atoms with Gasteiger partial charge in [0.1, 0.15) is 0 Å². The number of nitrogen functional groups attached to an aromatic ring is 1. The van der Waals surface area contributed by atoms with E-state index in [2.05, 4.69) is 24.8 Å². The van der Waals surface area contributed by atoms with Crippen molar-refractivity contribution in [1.29, 1.82) is 0 Å². The Morgan fingerprint density at radius 3 is 2.81 bits per heavy atom. The largest absolute Gasteiger partial charge is 0.461 e. The molecule has 2 saturated heterocycles. The Morgan fingerprint density at radius 2 is 2.00 bits per heavy atom. The van der Waals surface area contributed by atoms with E-state index < -0.39 is 0 Å². The molecule has 7 heteroatoms. The number of nitrogens with two attached hydrogens (primary N) is 1. The maximum absolute atomic E-state index is 5.79. The SMILES string of the molecule is CC(C)Oc1nc(N)nc(N2CCN3CCCCC3C2)n1. The highest BCUT2D eigenvalue weighted by Crippen LogP contribution is 2.24. The van der Waals surface area contributed by atoms with Crippen LogP contribution in [0, 0.1) is 0 Å². The van der Waals surface area contributed by atoms with E-state index in [1.54, 1.807) is 0 Å². The van der Waals surface area contributed by atoms with E-state index in [-0.39, 0.29) is 12.1 Å². The molecule has 21 heavy (non-hydrogen) atoms. The van der Waals surface area contributed by atoms with Gasteiger partial charge in [-0.2, -0.15) is 15.0 Å². The molecule has 3 rings (SSSR count). The molecule has 2 aliphatic rings. The number of anilines is 2. The first kappa shape index (κ1) is 14.3. The van der Waals surface area contributed by atoms with Gasteiger partial charge in [-0.1, -0.05) is 6.42 Å². The van der Waals surface area contributed by atoms with Gasteiger partial charge >= 0.3 is 6.01 Å². The summed E-state index contributed by atoms with van der Waals surface area (Å²) in [5.41, 5.74) is 5.79. The summed E-state index contributed by atoms with van der Waals surface area (Å²) in [7, 11) is 0. The summed E-state index contributed by atoms with van der Waals surface area (Å²) in [4.78, 5) is 17.5. The van der Waals surface area contributed by atoms with E-state index in [1.165, 1.54) is 25.8 Å². The zero-order chi connectivity index (χ0) is 14.8. The van der Waals surface area contributed by atoms with Crippen molar-refractivity contribution in [1.82, 2.24) is 19.9 Å². The molecule has 0 amide bonds. The van der Waals surface area contributed by atoms with Crippen LogP contribution in [0.1, 0.15) is 33.1 Å². The summed E-state index contributed by atoms with van der Waals surface area (Å²) >= 11 is 0. The highest BCUT2D eigenvalue weighted by Gasteiger charge is 2.30. The van der Waals surface area contributed by atoms with Gasteiger partial charge < -0.3 is 15.4 Å². The van der Waals surface area contributed by atoms with Crippen molar-refractivity contribution in [2.24, 2.45) is 0 Å². The first-order valence-corrected chi connectivity index (χ1v) is 7.79. The molecule has 1 aromatic rings. The van der Waals surface area contributed by atoms with Crippen molar-refractivity contribution in [3.63, 3.8) is 0 Å². The summed E-state index contributed by atoms with van der Waals surface area (Å²) in [6.07, 6.45) is 3.92. The standard InChI is InChI=1S/C14H24N6O/c1-10(2)21-14-17-12(15)16-13(18-14)20-8-7-19-6-4-3-5-11(19)9-20/h10-11H,3-9H2,1-2H3,(H2,15,16,17,18). The van der Waals surface area contributed by atoms with Gasteiger partial charge in [-0.25, -0.2) is 0 Å². The van der Waals surface area contributed by atoms with Gasteiger partial charge in [0, 0.05) is 25.7 Å². The van der Waals surface area contributed by atoms with Crippen LogP contribution in [-0.2, 0) is 0 Å². The molecule has 1 atom stereocenters. The highest BCUT2D eigenvalue weighted by atomic mass is 16.5. The molecule has 0 spiro atoms. The van der Waals surface area contributed by atoms with Gasteiger partial charge in [0.15, 0.2) is 0 Å². The van der Waals surface area contributed by atoms with Crippen molar-refractivity contribution in [2.45, 2.75) is 45.3 Å². The predicted octanol–water partition coefficient (Wildman–Crippen LogP) is 0.915. The zero-order valence-electron chi connectivity index (χ0n) is 12.8. The van der Waals surface area contributed by atoms with Gasteiger partial charge in [0.05, 0.1) is 6.10 Å². The van der Waals surface area contributed by atoms with Gasteiger partial charge in [-0.15, -0.1) is 0 Å². The van der Waals surface area contributed by atoms with E-state index in [4.69, 9.17) is 10.5 Å². The first-order chi connectivity index (χ1) is 10.1. The molecule has 0 aliphatic carbocycles. The van der Waals surface area contributed by atoms with E-state index in [0.717, 1.165) is 19.6 Å². The monoisotopic (exact) mass is 292 g/mol. The van der Waals surface area contributed by atoms with E-state index in [1.807, 2.05) is 13.8 Å². The number of nitrogens with zero attached hydrogens (tertiary/aromatic N) is 5. The predicted molar refractivity (Wildman–Crippen MR) is 81.4 cm³/mol. The topological polar surface area (TPSA) is 80.4 Å². The smallest absolute Gasteiger partial charge is 0.323 e. The van der Waals surface area contributed by atoms with Gasteiger partial charge in [0.2, 0.25) is 11.9 Å². The lowest BCUT2D eigenvalue weighted by Crippen LogP contribution is -2.55. The minimum atomic E-state index is 0.0230. The van der Waals surface area contributed by atoms with Crippen molar-refractivity contribution in [3.05, 3.63) is 0 Å². The molecule has 0 aromatic carbocycles. The molecular weight excluding hydrogens is 268 g/mol. The van der Waals surface area contributed by atoms with Crippen LogP contribution in [0.15, 0.2) is 0 Å². The third-order valence-corrected chi connectivity index (χ3v) is 4.08. The number of aromatic nitrogens is 3. The Hall–Kier alpha value is -1.63. The molecule has 7 nitrogen and oxygen atoms in total. The quantitative estimate of drug-likeness (QED) is 0.887. The summed E-state index contributed by atoms with van der Waals surface area (Å²) in [6, 6.07) is 0.929. The first-order valence-electron chi connectivity index (χ1n) is 7.79. The van der Waals surface area contributed by atoms with E-state index in [0.29, 0.717) is 18.0 Å². The molecule has 1 aromatic heterocycles. The fourth-order valence-electron chi connectivity index (χ4n) is 3.10. The van der Waals surface area contributed by atoms with Crippen molar-refractivity contribution >= 4 is 11.9 Å². The number of piperazine rings is 1. The number of ether oxygens (including phenoxy) is 1. The van der Waals surface area contributed by atoms with E-state index >= 15 is 0 Å². The normalized spacial score (nSPS) is 23.2. The van der Waals surface area contributed by atoms with Crippen LogP contribution in [0.5, 0.6) is 6.01 Å². The lowest BCUT2D eigenvalue weighted by molar-refractivity contribution is 0.132. The number of hydrogen-bond donors (Lipinski definition) is 1. The Bertz CT molecular complexity index is 494. The zero-order valence-corrected chi connectivity index (χ0v) is 12.8. The maximum Gasteiger partial charge on any atom is 0.323 e.